The van der Waals surface area contributed by atoms with Gasteiger partial charge in [-0.25, -0.2) is 9.59 Å². The van der Waals surface area contributed by atoms with Crippen LogP contribution in [0.15, 0.2) is 41.3 Å². The Morgan fingerprint density at radius 1 is 1.26 bits per heavy atom. The van der Waals surface area contributed by atoms with Gasteiger partial charge in [0.05, 0.1) is 5.69 Å². The van der Waals surface area contributed by atoms with E-state index in [9.17, 15) is 9.59 Å². The van der Waals surface area contributed by atoms with Gasteiger partial charge in [-0.2, -0.15) is 4.98 Å². The molecule has 0 unspecified atom stereocenters. The van der Waals surface area contributed by atoms with Gasteiger partial charge >= 0.3 is 11.7 Å². The van der Waals surface area contributed by atoms with E-state index in [1.165, 1.54) is 16.8 Å². The Kier molecular flexibility index (Phi) is 3.58. The van der Waals surface area contributed by atoms with Gasteiger partial charge in [0, 0.05) is 12.7 Å². The van der Waals surface area contributed by atoms with Crippen LogP contribution in [0.3, 0.4) is 0 Å². The summed E-state index contributed by atoms with van der Waals surface area (Å²) >= 11 is 0. The average molecular weight is 259 g/mol. The maximum atomic E-state index is 11.8. The molecule has 0 aliphatic carbocycles. The van der Waals surface area contributed by atoms with Gasteiger partial charge in [-0.15, -0.1) is 0 Å². The molecule has 0 radical (unpaired) electrons. The Morgan fingerprint density at radius 3 is 2.47 bits per heavy atom. The number of carbonyl (C=O) groups is 1. The van der Waals surface area contributed by atoms with Crippen molar-refractivity contribution in [2.75, 3.05) is 5.32 Å². The molecule has 0 aliphatic rings. The van der Waals surface area contributed by atoms with Gasteiger partial charge in [-0.1, -0.05) is 12.1 Å². The highest BCUT2D eigenvalue weighted by Crippen LogP contribution is 2.08. The summed E-state index contributed by atoms with van der Waals surface area (Å²) in [6, 6.07) is 7.92. The van der Waals surface area contributed by atoms with E-state index in [0.29, 0.717) is 12.2 Å². The molecule has 2 rings (SSSR count). The van der Waals surface area contributed by atoms with Crippen molar-refractivity contribution >= 4 is 11.8 Å². The number of anilines is 1. The van der Waals surface area contributed by atoms with E-state index in [1.807, 2.05) is 12.1 Å². The molecule has 5 N–H and O–H groups in total. The SMILES string of the molecule is NCc1ccc(-n2ccc(NC(N)=O)nc2=O)cc1. The van der Waals surface area contributed by atoms with Crippen LogP contribution in [0.4, 0.5) is 10.6 Å². The molecule has 1 heterocycles. The number of rotatable bonds is 3. The molecule has 19 heavy (non-hydrogen) atoms. The Morgan fingerprint density at radius 2 is 1.95 bits per heavy atom. The highest BCUT2D eigenvalue weighted by molar-refractivity contribution is 5.86. The molecule has 0 aliphatic heterocycles. The number of amides is 2. The third kappa shape index (κ3) is 2.96. The van der Waals surface area contributed by atoms with Crippen LogP contribution in [0.2, 0.25) is 0 Å². The van der Waals surface area contributed by atoms with Crippen molar-refractivity contribution in [1.82, 2.24) is 9.55 Å². The van der Waals surface area contributed by atoms with E-state index in [1.54, 1.807) is 12.1 Å². The summed E-state index contributed by atoms with van der Waals surface area (Å²) in [6.07, 6.45) is 1.51. The minimum atomic E-state index is -0.767. The molecular weight excluding hydrogens is 246 g/mol. The van der Waals surface area contributed by atoms with Gasteiger partial charge in [0.1, 0.15) is 5.82 Å². The van der Waals surface area contributed by atoms with Gasteiger partial charge in [-0.05, 0) is 23.8 Å². The molecule has 0 bridgehead atoms. The molecule has 0 fully saturated rings. The highest BCUT2D eigenvalue weighted by atomic mass is 16.2. The monoisotopic (exact) mass is 259 g/mol. The van der Waals surface area contributed by atoms with Gasteiger partial charge in [0.25, 0.3) is 0 Å². The summed E-state index contributed by atoms with van der Waals surface area (Å²) in [7, 11) is 0. The predicted octanol–water partition coefficient (Wildman–Crippen LogP) is 0.182. The Balaban J connectivity index is 2.34. The normalized spacial score (nSPS) is 10.2. The maximum Gasteiger partial charge on any atom is 0.354 e. The molecular formula is C12H13N5O2. The van der Waals surface area contributed by atoms with Crippen molar-refractivity contribution < 1.29 is 4.79 Å². The largest absolute Gasteiger partial charge is 0.354 e. The van der Waals surface area contributed by atoms with Gasteiger partial charge in [0.15, 0.2) is 0 Å². The number of urea groups is 1. The molecule has 7 nitrogen and oxygen atoms in total. The standard InChI is InChI=1S/C12H13N5O2/c13-7-8-1-3-9(4-2-8)17-6-5-10(15-11(14)18)16-12(17)19/h1-6H,7,13H2,(H3,14,15,16,18,19). The predicted molar refractivity (Wildman–Crippen MR) is 70.9 cm³/mol. The molecule has 0 spiro atoms. The summed E-state index contributed by atoms with van der Waals surface area (Å²) < 4.78 is 1.35. The number of nitrogens with one attached hydrogen (secondary N) is 1. The molecule has 98 valence electrons. The number of benzene rings is 1. The van der Waals surface area contributed by atoms with E-state index < -0.39 is 11.7 Å². The summed E-state index contributed by atoms with van der Waals surface area (Å²) in [5, 5.41) is 2.24. The van der Waals surface area contributed by atoms with Crippen molar-refractivity contribution in [1.29, 1.82) is 0 Å². The van der Waals surface area contributed by atoms with Crippen molar-refractivity contribution in [3.63, 3.8) is 0 Å². The van der Waals surface area contributed by atoms with Gasteiger partial charge < -0.3 is 11.5 Å². The number of carbonyl (C=O) groups excluding carboxylic acids is 1. The van der Waals surface area contributed by atoms with E-state index in [-0.39, 0.29) is 5.82 Å². The Labute approximate surface area is 108 Å². The zero-order valence-corrected chi connectivity index (χ0v) is 10.0. The second-order valence-electron chi connectivity index (χ2n) is 3.83. The van der Waals surface area contributed by atoms with E-state index in [0.717, 1.165) is 5.56 Å². The van der Waals surface area contributed by atoms with Gasteiger partial charge in [-0.3, -0.25) is 9.88 Å². The van der Waals surface area contributed by atoms with Crippen molar-refractivity contribution in [3.8, 4) is 5.69 Å². The fraction of sp³-hybridized carbons (Fsp3) is 0.0833. The number of aromatic nitrogens is 2. The third-order valence-electron chi connectivity index (χ3n) is 2.51. The molecule has 0 atom stereocenters. The van der Waals surface area contributed by atoms with E-state index >= 15 is 0 Å². The summed E-state index contributed by atoms with van der Waals surface area (Å²) in [5.74, 6) is 0.118. The first-order valence-corrected chi connectivity index (χ1v) is 5.55. The summed E-state index contributed by atoms with van der Waals surface area (Å²) in [4.78, 5) is 26.2. The van der Waals surface area contributed by atoms with E-state index in [4.69, 9.17) is 11.5 Å². The topological polar surface area (TPSA) is 116 Å². The second-order valence-corrected chi connectivity index (χ2v) is 3.83. The minimum absolute atomic E-state index is 0.118. The number of primary amides is 1. The molecule has 2 amide bonds. The van der Waals surface area contributed by atoms with Crippen LogP contribution in [0.5, 0.6) is 0 Å². The lowest BCUT2D eigenvalue weighted by molar-refractivity contribution is 0.259. The van der Waals surface area contributed by atoms with Crippen LogP contribution < -0.4 is 22.5 Å². The molecule has 7 heteroatoms. The second kappa shape index (κ2) is 5.32. The molecule has 2 aromatic rings. The number of hydrogen-bond donors (Lipinski definition) is 3. The number of nitrogens with zero attached hydrogens (tertiary/aromatic N) is 2. The van der Waals surface area contributed by atoms with E-state index in [2.05, 4.69) is 10.3 Å². The molecule has 1 aromatic heterocycles. The van der Waals surface area contributed by atoms with Crippen molar-refractivity contribution in [3.05, 3.63) is 52.6 Å². The lowest BCUT2D eigenvalue weighted by Crippen LogP contribution is -2.25. The summed E-state index contributed by atoms with van der Waals surface area (Å²) in [6.45, 7) is 0.439. The molecule has 0 saturated carbocycles. The quantitative estimate of drug-likeness (QED) is 0.729. The maximum absolute atomic E-state index is 11.8. The lowest BCUT2D eigenvalue weighted by Gasteiger charge is -2.07. The number of nitrogens with two attached hydrogens (primary N) is 2. The minimum Gasteiger partial charge on any atom is -0.351 e. The van der Waals surface area contributed by atoms with Crippen LogP contribution >= 0.6 is 0 Å². The Bertz CT molecular complexity index is 648. The average Bonchev–Trinajstić information content (AvgIpc) is 2.38. The van der Waals surface area contributed by atoms with Crippen molar-refractivity contribution in [2.45, 2.75) is 6.54 Å². The first-order chi connectivity index (χ1) is 9.10. The summed E-state index contributed by atoms with van der Waals surface area (Å²) in [5.41, 5.74) is 11.6. The van der Waals surface area contributed by atoms with Crippen molar-refractivity contribution in [2.24, 2.45) is 11.5 Å². The van der Waals surface area contributed by atoms with Crippen LogP contribution in [0, 0.1) is 0 Å². The third-order valence-corrected chi connectivity index (χ3v) is 2.51. The Hall–Kier alpha value is -2.67. The molecule has 0 saturated heterocycles. The fourth-order valence-electron chi connectivity index (χ4n) is 1.59. The zero-order valence-electron chi connectivity index (χ0n) is 10.0. The van der Waals surface area contributed by atoms with Crippen LogP contribution in [-0.2, 0) is 6.54 Å². The zero-order chi connectivity index (χ0) is 13.8. The van der Waals surface area contributed by atoms with Crippen LogP contribution in [0.1, 0.15) is 5.56 Å². The first kappa shape index (κ1) is 12.8. The van der Waals surface area contributed by atoms with Crippen LogP contribution in [-0.4, -0.2) is 15.6 Å². The highest BCUT2D eigenvalue weighted by Gasteiger charge is 2.03. The van der Waals surface area contributed by atoms with Gasteiger partial charge in [0.2, 0.25) is 0 Å². The number of hydrogen-bond acceptors (Lipinski definition) is 4. The molecule has 1 aromatic carbocycles. The smallest absolute Gasteiger partial charge is 0.351 e. The van der Waals surface area contributed by atoms with Crippen LogP contribution in [0.25, 0.3) is 5.69 Å². The fourth-order valence-corrected chi connectivity index (χ4v) is 1.59. The first-order valence-electron chi connectivity index (χ1n) is 5.55. The lowest BCUT2D eigenvalue weighted by atomic mass is 10.2.